The van der Waals surface area contributed by atoms with E-state index in [4.69, 9.17) is 4.74 Å². The third-order valence-corrected chi connectivity index (χ3v) is 5.16. The summed E-state index contributed by atoms with van der Waals surface area (Å²) in [7, 11) is 1.65. The Morgan fingerprint density at radius 1 is 1.12 bits per heavy atom. The summed E-state index contributed by atoms with van der Waals surface area (Å²) in [5.41, 5.74) is 1.16. The number of halogens is 3. The molecule has 1 saturated heterocycles. The third kappa shape index (κ3) is 4.98. The molecule has 6 heteroatoms. The summed E-state index contributed by atoms with van der Waals surface area (Å²) in [4.78, 5) is 2.57. The number of benzene rings is 1. The van der Waals surface area contributed by atoms with Crippen molar-refractivity contribution in [2.75, 3.05) is 33.3 Å². The fraction of sp³-hybridized carbons (Fsp3) is 0.667. The number of piperazine rings is 1. The predicted octanol–water partition coefficient (Wildman–Crippen LogP) is 4.20. The molecule has 0 unspecified atom stereocenters. The molecule has 1 N–H and O–H groups in total. The molecule has 138 valence electrons. The highest BCUT2D eigenvalue weighted by molar-refractivity contribution is 5.85. The molecule has 2 fully saturated rings. The molecule has 0 aromatic heterocycles. The van der Waals surface area contributed by atoms with Crippen molar-refractivity contribution in [3.05, 3.63) is 29.6 Å². The van der Waals surface area contributed by atoms with Gasteiger partial charge in [-0.05, 0) is 24.8 Å². The molecule has 0 radical (unpaired) electrons. The van der Waals surface area contributed by atoms with E-state index >= 15 is 0 Å². The van der Waals surface area contributed by atoms with E-state index in [-0.39, 0.29) is 30.6 Å². The zero-order chi connectivity index (χ0) is 15.4. The highest BCUT2D eigenvalue weighted by Crippen LogP contribution is 2.41. The molecule has 0 bridgehead atoms. The largest absolute Gasteiger partial charge is 0.496 e. The number of hydrogen-bond donors (Lipinski definition) is 1. The number of nitrogens with zero attached hydrogens (tertiary/aromatic N) is 1. The molecule has 0 spiro atoms. The second kappa shape index (κ2) is 10.4. The van der Waals surface area contributed by atoms with Crippen molar-refractivity contribution < 1.29 is 9.13 Å². The average Bonchev–Trinajstić information content (AvgIpc) is 2.58. The molecule has 24 heavy (non-hydrogen) atoms. The maximum atomic E-state index is 13.6. The summed E-state index contributed by atoms with van der Waals surface area (Å²) >= 11 is 0. The van der Waals surface area contributed by atoms with Crippen LogP contribution in [-0.4, -0.2) is 38.2 Å². The van der Waals surface area contributed by atoms with Gasteiger partial charge < -0.3 is 10.1 Å². The fourth-order valence-electron chi connectivity index (χ4n) is 4.09. The highest BCUT2D eigenvalue weighted by atomic mass is 35.5. The molecule has 1 aliphatic carbocycles. The monoisotopic (exact) mass is 378 g/mol. The molecule has 1 heterocycles. The van der Waals surface area contributed by atoms with E-state index < -0.39 is 0 Å². The Morgan fingerprint density at radius 2 is 1.79 bits per heavy atom. The van der Waals surface area contributed by atoms with Gasteiger partial charge in [-0.3, -0.25) is 4.90 Å². The van der Waals surface area contributed by atoms with Crippen molar-refractivity contribution in [3.63, 3.8) is 0 Å². The standard InChI is InChI=1S/C18H27FN2O.2ClH/c1-22-17-13-15(19)7-8-16(17)18(14-5-3-2-4-6-14)21-11-9-20-10-12-21;;/h7-8,13-14,18,20H,2-6,9-12H2,1H3;2*1H/t18-;;/m0../s1. The van der Waals surface area contributed by atoms with Crippen LogP contribution in [-0.2, 0) is 0 Å². The second-order valence-corrected chi connectivity index (χ2v) is 6.52. The molecule has 3 nitrogen and oxygen atoms in total. The Hall–Kier alpha value is -0.550. The smallest absolute Gasteiger partial charge is 0.126 e. The van der Waals surface area contributed by atoms with Gasteiger partial charge in [-0.15, -0.1) is 24.8 Å². The zero-order valence-electron chi connectivity index (χ0n) is 14.3. The van der Waals surface area contributed by atoms with Crippen molar-refractivity contribution in [1.29, 1.82) is 0 Å². The van der Waals surface area contributed by atoms with Gasteiger partial charge in [0.2, 0.25) is 0 Å². The van der Waals surface area contributed by atoms with E-state index in [1.54, 1.807) is 13.2 Å². The molecule has 2 aliphatic rings. The van der Waals surface area contributed by atoms with Crippen molar-refractivity contribution in [2.24, 2.45) is 5.92 Å². The second-order valence-electron chi connectivity index (χ2n) is 6.52. The van der Waals surface area contributed by atoms with Crippen molar-refractivity contribution in [3.8, 4) is 5.75 Å². The van der Waals surface area contributed by atoms with Gasteiger partial charge in [0.25, 0.3) is 0 Å². The Morgan fingerprint density at radius 3 is 2.42 bits per heavy atom. The lowest BCUT2D eigenvalue weighted by molar-refractivity contribution is 0.101. The third-order valence-electron chi connectivity index (χ3n) is 5.16. The molecule has 1 saturated carbocycles. The van der Waals surface area contributed by atoms with Crippen LogP contribution in [0.3, 0.4) is 0 Å². The van der Waals surface area contributed by atoms with E-state index in [1.165, 1.54) is 38.2 Å². The van der Waals surface area contributed by atoms with Crippen LogP contribution in [0.5, 0.6) is 5.75 Å². The van der Waals surface area contributed by atoms with Crippen LogP contribution in [0.4, 0.5) is 4.39 Å². The van der Waals surface area contributed by atoms with Crippen LogP contribution in [0.15, 0.2) is 18.2 Å². The average molecular weight is 379 g/mol. The molecule has 1 aliphatic heterocycles. The first kappa shape index (κ1) is 21.5. The Kier molecular flexibility index (Phi) is 9.35. The zero-order valence-corrected chi connectivity index (χ0v) is 15.9. The Labute approximate surface area is 157 Å². The maximum Gasteiger partial charge on any atom is 0.126 e. The van der Waals surface area contributed by atoms with Crippen LogP contribution in [0.2, 0.25) is 0 Å². The van der Waals surface area contributed by atoms with E-state index in [2.05, 4.69) is 10.2 Å². The molecule has 0 amide bonds. The van der Waals surface area contributed by atoms with Gasteiger partial charge in [-0.1, -0.05) is 25.3 Å². The minimum absolute atomic E-state index is 0. The fourth-order valence-corrected chi connectivity index (χ4v) is 4.09. The van der Waals surface area contributed by atoms with Crippen molar-refractivity contribution in [2.45, 2.75) is 38.1 Å². The lowest BCUT2D eigenvalue weighted by Gasteiger charge is -2.41. The van der Waals surface area contributed by atoms with Gasteiger partial charge >= 0.3 is 0 Å². The predicted molar refractivity (Wildman–Crippen MR) is 101 cm³/mol. The number of nitrogens with one attached hydrogen (secondary N) is 1. The minimum Gasteiger partial charge on any atom is -0.496 e. The van der Waals surface area contributed by atoms with E-state index in [9.17, 15) is 4.39 Å². The maximum absolute atomic E-state index is 13.6. The SMILES string of the molecule is COc1cc(F)ccc1[C@H](C1CCCCC1)N1CCNCC1.Cl.Cl. The van der Waals surface area contributed by atoms with Gasteiger partial charge in [0.1, 0.15) is 11.6 Å². The van der Waals surface area contributed by atoms with Gasteiger partial charge in [0.15, 0.2) is 0 Å². The molecular weight excluding hydrogens is 350 g/mol. The first-order chi connectivity index (χ1) is 10.8. The normalized spacial score (nSPS) is 20.6. The molecular formula is C18H29Cl2FN2O. The molecule has 1 aromatic carbocycles. The first-order valence-electron chi connectivity index (χ1n) is 8.58. The lowest BCUT2D eigenvalue weighted by Crippen LogP contribution is -2.47. The van der Waals surface area contributed by atoms with Gasteiger partial charge in [0.05, 0.1) is 7.11 Å². The van der Waals surface area contributed by atoms with E-state index in [0.29, 0.717) is 17.7 Å². The summed E-state index contributed by atoms with van der Waals surface area (Å²) in [5.74, 6) is 1.14. The van der Waals surface area contributed by atoms with Crippen LogP contribution in [0, 0.1) is 11.7 Å². The topological polar surface area (TPSA) is 24.5 Å². The number of hydrogen-bond acceptors (Lipinski definition) is 3. The van der Waals surface area contributed by atoms with Crippen molar-refractivity contribution in [1.82, 2.24) is 10.2 Å². The quantitative estimate of drug-likeness (QED) is 0.849. The van der Waals surface area contributed by atoms with Crippen LogP contribution in [0.25, 0.3) is 0 Å². The lowest BCUT2D eigenvalue weighted by atomic mass is 9.80. The first-order valence-corrected chi connectivity index (χ1v) is 8.58. The number of ether oxygens (including phenoxy) is 1. The summed E-state index contributed by atoms with van der Waals surface area (Å²) in [6.45, 7) is 4.18. The van der Waals surface area contributed by atoms with Gasteiger partial charge in [-0.2, -0.15) is 0 Å². The number of methoxy groups -OCH3 is 1. The Bertz CT molecular complexity index is 474. The van der Waals surface area contributed by atoms with E-state index in [0.717, 1.165) is 31.7 Å². The van der Waals surface area contributed by atoms with Crippen molar-refractivity contribution >= 4 is 24.8 Å². The van der Waals surface area contributed by atoms with Crippen LogP contribution < -0.4 is 10.1 Å². The summed E-state index contributed by atoms with van der Waals surface area (Å²) in [6.07, 6.45) is 6.53. The molecule has 3 rings (SSSR count). The van der Waals surface area contributed by atoms with Crippen LogP contribution >= 0.6 is 24.8 Å². The van der Waals surface area contributed by atoms with E-state index in [1.807, 2.05) is 6.07 Å². The molecule has 1 aromatic rings. The van der Waals surface area contributed by atoms with Gasteiger partial charge in [-0.25, -0.2) is 4.39 Å². The molecule has 1 atom stereocenters. The summed E-state index contributed by atoms with van der Waals surface area (Å²) in [5, 5.41) is 3.43. The minimum atomic E-state index is -0.219. The summed E-state index contributed by atoms with van der Waals surface area (Å²) < 4.78 is 19.1. The number of rotatable bonds is 4. The van der Waals surface area contributed by atoms with Crippen LogP contribution in [0.1, 0.15) is 43.7 Å². The Balaban J connectivity index is 0.00000144. The summed E-state index contributed by atoms with van der Waals surface area (Å²) in [6, 6.07) is 5.41. The van der Waals surface area contributed by atoms with Gasteiger partial charge in [0, 0.05) is 43.9 Å². The highest BCUT2D eigenvalue weighted by Gasteiger charge is 2.32.